The van der Waals surface area contributed by atoms with E-state index in [0.29, 0.717) is 12.1 Å². The minimum absolute atomic E-state index is 0.0251. The molecular formula is C21H25N5O. The quantitative estimate of drug-likeness (QED) is 0.758. The first-order valence-electron chi connectivity index (χ1n) is 9.57. The average Bonchev–Trinajstić information content (AvgIpc) is 3.25. The molecule has 0 saturated carbocycles. The molecule has 0 fully saturated rings. The minimum atomic E-state index is -0.0483. The van der Waals surface area contributed by atoms with Crippen molar-refractivity contribution < 1.29 is 4.79 Å². The molecule has 1 aromatic carbocycles. The molecule has 140 valence electrons. The predicted molar refractivity (Wildman–Crippen MR) is 104 cm³/mol. The van der Waals surface area contributed by atoms with Crippen molar-refractivity contribution in [1.29, 1.82) is 0 Å². The summed E-state index contributed by atoms with van der Waals surface area (Å²) in [5.74, 6) is -0.0483. The Bertz CT molecular complexity index is 941. The molecule has 1 aliphatic carbocycles. The van der Waals surface area contributed by atoms with Gasteiger partial charge in [-0.3, -0.25) is 14.2 Å². The third-order valence-corrected chi connectivity index (χ3v) is 5.23. The molecule has 1 amide bonds. The topological polar surface area (TPSA) is 64.7 Å². The number of benzene rings is 1. The van der Waals surface area contributed by atoms with Crippen molar-refractivity contribution in [2.24, 2.45) is 7.05 Å². The van der Waals surface area contributed by atoms with E-state index in [-0.39, 0.29) is 11.9 Å². The fourth-order valence-corrected chi connectivity index (χ4v) is 3.92. The monoisotopic (exact) mass is 363 g/mol. The lowest BCUT2D eigenvalue weighted by molar-refractivity contribution is 0.0931. The van der Waals surface area contributed by atoms with E-state index in [1.807, 2.05) is 40.8 Å². The van der Waals surface area contributed by atoms with Crippen molar-refractivity contribution in [3.05, 3.63) is 70.8 Å². The Morgan fingerprint density at radius 2 is 2.11 bits per heavy atom. The van der Waals surface area contributed by atoms with Gasteiger partial charge in [-0.25, -0.2) is 0 Å². The first-order chi connectivity index (χ1) is 13.2. The van der Waals surface area contributed by atoms with Gasteiger partial charge in [-0.2, -0.15) is 10.2 Å². The highest BCUT2D eigenvalue weighted by atomic mass is 16.1. The maximum atomic E-state index is 13.0. The lowest BCUT2D eigenvalue weighted by Gasteiger charge is -2.22. The molecule has 6 nitrogen and oxygen atoms in total. The van der Waals surface area contributed by atoms with E-state index in [4.69, 9.17) is 0 Å². The summed E-state index contributed by atoms with van der Waals surface area (Å²) in [6.45, 7) is 2.74. The first kappa shape index (κ1) is 17.5. The molecule has 1 atom stereocenters. The zero-order valence-electron chi connectivity index (χ0n) is 15.9. The van der Waals surface area contributed by atoms with E-state index in [9.17, 15) is 4.79 Å². The number of amides is 1. The van der Waals surface area contributed by atoms with Gasteiger partial charge in [0.05, 0.1) is 35.7 Å². The van der Waals surface area contributed by atoms with Crippen LogP contribution in [0.25, 0.3) is 0 Å². The number of aryl methyl sites for hydroxylation is 2. The Kier molecular flexibility index (Phi) is 4.79. The number of hydrogen-bond donors (Lipinski definition) is 1. The summed E-state index contributed by atoms with van der Waals surface area (Å²) < 4.78 is 3.77. The first-order valence-corrected chi connectivity index (χ1v) is 9.57. The normalized spacial score (nSPS) is 16.1. The Morgan fingerprint density at radius 3 is 2.89 bits per heavy atom. The van der Waals surface area contributed by atoms with Crippen LogP contribution in [-0.2, 0) is 26.4 Å². The van der Waals surface area contributed by atoms with Crippen molar-refractivity contribution in [3.8, 4) is 0 Å². The lowest BCUT2D eigenvalue weighted by atomic mass is 9.93. The van der Waals surface area contributed by atoms with Crippen molar-refractivity contribution >= 4 is 5.91 Å². The maximum Gasteiger partial charge on any atom is 0.255 e. The molecule has 4 rings (SSSR count). The number of aromatic nitrogens is 4. The number of carbonyl (C=O) groups excluding carboxylic acids is 1. The van der Waals surface area contributed by atoms with Crippen molar-refractivity contribution in [3.63, 3.8) is 0 Å². The summed E-state index contributed by atoms with van der Waals surface area (Å²) in [7, 11) is 1.93. The summed E-state index contributed by atoms with van der Waals surface area (Å²) in [6, 6.07) is 10.2. The SMILES string of the molecule is CCc1c(C(=O)NC2CCCc3nn(C)cc32)cnn1Cc1ccccc1. The highest BCUT2D eigenvalue weighted by molar-refractivity contribution is 5.95. The molecule has 0 saturated heterocycles. The van der Waals surface area contributed by atoms with E-state index < -0.39 is 0 Å². The van der Waals surface area contributed by atoms with Crippen LogP contribution in [0.3, 0.4) is 0 Å². The largest absolute Gasteiger partial charge is 0.345 e. The maximum absolute atomic E-state index is 13.0. The third kappa shape index (κ3) is 3.52. The lowest BCUT2D eigenvalue weighted by Crippen LogP contribution is -2.31. The van der Waals surface area contributed by atoms with Gasteiger partial charge < -0.3 is 5.32 Å². The van der Waals surface area contributed by atoms with Gasteiger partial charge in [0.25, 0.3) is 5.91 Å². The zero-order valence-corrected chi connectivity index (χ0v) is 15.9. The fraction of sp³-hybridized carbons (Fsp3) is 0.381. The smallest absolute Gasteiger partial charge is 0.255 e. The molecular weight excluding hydrogens is 338 g/mol. The summed E-state index contributed by atoms with van der Waals surface area (Å²) in [5.41, 5.74) is 5.06. The summed E-state index contributed by atoms with van der Waals surface area (Å²) in [5, 5.41) is 12.2. The van der Waals surface area contributed by atoms with Crippen LogP contribution < -0.4 is 5.32 Å². The van der Waals surface area contributed by atoms with Gasteiger partial charge in [-0.1, -0.05) is 37.3 Å². The molecule has 1 N–H and O–H groups in total. The van der Waals surface area contributed by atoms with Crippen molar-refractivity contribution in [2.75, 3.05) is 0 Å². The number of hydrogen-bond acceptors (Lipinski definition) is 3. The predicted octanol–water partition coefficient (Wildman–Crippen LogP) is 3.03. The van der Waals surface area contributed by atoms with Crippen LogP contribution in [0, 0.1) is 0 Å². The van der Waals surface area contributed by atoms with Crippen LogP contribution in [0.2, 0.25) is 0 Å². The summed E-state index contributed by atoms with van der Waals surface area (Å²) in [4.78, 5) is 13.0. The van der Waals surface area contributed by atoms with Crippen LogP contribution in [-0.4, -0.2) is 25.5 Å². The number of carbonyl (C=O) groups is 1. The molecule has 27 heavy (non-hydrogen) atoms. The number of nitrogens with zero attached hydrogens (tertiary/aromatic N) is 4. The Labute approximate surface area is 159 Å². The molecule has 1 unspecified atom stereocenters. The number of fused-ring (bicyclic) bond motifs is 1. The average molecular weight is 363 g/mol. The fourth-order valence-electron chi connectivity index (χ4n) is 3.92. The summed E-state index contributed by atoms with van der Waals surface area (Å²) >= 11 is 0. The second-order valence-corrected chi connectivity index (χ2v) is 7.12. The Morgan fingerprint density at radius 1 is 1.30 bits per heavy atom. The Balaban J connectivity index is 1.54. The molecule has 2 aromatic heterocycles. The van der Waals surface area contributed by atoms with E-state index >= 15 is 0 Å². The van der Waals surface area contributed by atoms with Gasteiger partial charge in [0.15, 0.2) is 0 Å². The molecule has 6 heteroatoms. The summed E-state index contributed by atoms with van der Waals surface area (Å²) in [6.07, 6.45) is 7.46. The van der Waals surface area contributed by atoms with Crippen LogP contribution in [0.1, 0.15) is 58.7 Å². The van der Waals surface area contributed by atoms with Gasteiger partial charge in [0.2, 0.25) is 0 Å². The van der Waals surface area contributed by atoms with Crippen molar-refractivity contribution in [1.82, 2.24) is 24.9 Å². The number of rotatable bonds is 5. The molecule has 0 aliphatic heterocycles. The third-order valence-electron chi connectivity index (χ3n) is 5.23. The van der Waals surface area contributed by atoms with E-state index in [1.54, 1.807) is 6.20 Å². The molecule has 0 spiro atoms. The Hall–Kier alpha value is -2.89. The highest BCUT2D eigenvalue weighted by Gasteiger charge is 2.26. The van der Waals surface area contributed by atoms with Gasteiger partial charge >= 0.3 is 0 Å². The zero-order chi connectivity index (χ0) is 18.8. The molecule has 1 aliphatic rings. The second kappa shape index (κ2) is 7.39. The van der Waals surface area contributed by atoms with Crippen LogP contribution in [0.4, 0.5) is 0 Å². The molecule has 0 bridgehead atoms. The molecule has 3 aromatic rings. The van der Waals surface area contributed by atoms with E-state index in [2.05, 4.69) is 34.6 Å². The van der Waals surface area contributed by atoms with Gasteiger partial charge in [-0.05, 0) is 31.2 Å². The van der Waals surface area contributed by atoms with Gasteiger partial charge in [-0.15, -0.1) is 0 Å². The van der Waals surface area contributed by atoms with Crippen LogP contribution >= 0.6 is 0 Å². The highest BCUT2D eigenvalue weighted by Crippen LogP contribution is 2.29. The minimum Gasteiger partial charge on any atom is -0.345 e. The molecule has 2 heterocycles. The molecule has 0 radical (unpaired) electrons. The second-order valence-electron chi connectivity index (χ2n) is 7.12. The number of nitrogens with one attached hydrogen (secondary N) is 1. The standard InChI is InChI=1S/C21H25N5O/c1-3-20-16(12-22-26(20)13-15-8-5-4-6-9-15)21(27)23-18-10-7-11-19-17(18)14-25(2)24-19/h4-6,8-9,12,14,18H,3,7,10-11,13H2,1-2H3,(H,23,27). The van der Waals surface area contributed by atoms with Gasteiger partial charge in [0, 0.05) is 18.8 Å². The van der Waals surface area contributed by atoms with Crippen molar-refractivity contribution in [2.45, 2.75) is 45.2 Å². The van der Waals surface area contributed by atoms with Crippen LogP contribution in [0.15, 0.2) is 42.7 Å². The van der Waals surface area contributed by atoms with Crippen LogP contribution in [0.5, 0.6) is 0 Å². The van der Waals surface area contributed by atoms with E-state index in [0.717, 1.165) is 42.6 Å². The van der Waals surface area contributed by atoms with E-state index in [1.165, 1.54) is 5.56 Å². The van der Waals surface area contributed by atoms with Gasteiger partial charge in [0.1, 0.15) is 0 Å².